The van der Waals surface area contributed by atoms with Gasteiger partial charge in [0.2, 0.25) is 0 Å². The second-order valence-electron chi connectivity index (χ2n) is 6.27. The Morgan fingerprint density at radius 1 is 1.32 bits per heavy atom. The average Bonchev–Trinajstić information content (AvgIpc) is 3.27. The van der Waals surface area contributed by atoms with Gasteiger partial charge in [-0.1, -0.05) is 11.6 Å². The molecule has 2 fully saturated rings. The van der Waals surface area contributed by atoms with Gasteiger partial charge in [-0.15, -0.1) is 4.40 Å². The Bertz CT molecular complexity index is 758. The molecule has 2 unspecified atom stereocenters. The highest BCUT2D eigenvalue weighted by molar-refractivity contribution is 7.91. The maximum atomic E-state index is 12.0. The maximum absolute atomic E-state index is 12.0. The molecule has 1 saturated carbocycles. The quantitative estimate of drug-likeness (QED) is 0.829. The highest BCUT2D eigenvalue weighted by atomic mass is 35.5. The molecular formula is C15H17ClN2O3S. The Kier molecular flexibility index (Phi) is 3.25. The molecule has 22 heavy (non-hydrogen) atoms. The maximum Gasteiger partial charge on any atom is 0.284 e. The van der Waals surface area contributed by atoms with E-state index in [1.54, 1.807) is 12.1 Å². The van der Waals surface area contributed by atoms with Gasteiger partial charge in [-0.25, -0.2) is 0 Å². The van der Waals surface area contributed by atoms with Crippen molar-refractivity contribution < 1.29 is 13.2 Å². The minimum absolute atomic E-state index is 0.0488. The second-order valence-corrected chi connectivity index (χ2v) is 8.20. The van der Waals surface area contributed by atoms with Gasteiger partial charge < -0.3 is 9.64 Å². The van der Waals surface area contributed by atoms with Gasteiger partial charge in [-0.2, -0.15) is 8.42 Å². The summed E-state index contributed by atoms with van der Waals surface area (Å²) >= 11 is 5.90. The van der Waals surface area contributed by atoms with Gasteiger partial charge in [0.25, 0.3) is 10.0 Å². The van der Waals surface area contributed by atoms with Gasteiger partial charge >= 0.3 is 0 Å². The molecule has 1 aromatic rings. The number of hydrogen-bond acceptors (Lipinski definition) is 4. The lowest BCUT2D eigenvalue weighted by Crippen LogP contribution is -2.47. The predicted molar refractivity (Wildman–Crippen MR) is 85.3 cm³/mol. The van der Waals surface area contributed by atoms with Crippen LogP contribution in [0.25, 0.3) is 0 Å². The zero-order valence-electron chi connectivity index (χ0n) is 12.2. The van der Waals surface area contributed by atoms with E-state index >= 15 is 0 Å². The molecule has 3 aliphatic rings. The number of sulfonamides is 1. The fraction of sp³-hybridized carbons (Fsp3) is 0.533. The van der Waals surface area contributed by atoms with E-state index < -0.39 is 10.0 Å². The Hall–Kier alpha value is -1.11. The van der Waals surface area contributed by atoms with Crippen molar-refractivity contribution in [2.75, 3.05) is 18.0 Å². The first kappa shape index (κ1) is 14.5. The van der Waals surface area contributed by atoms with Gasteiger partial charge in [0.1, 0.15) is 4.90 Å². The SMILES string of the molecule is CC1CN(c2ccc3c(c2)S(=O)(=O)N=C3Cl)CC(C2CC2)O1. The van der Waals surface area contributed by atoms with Crippen LogP contribution in [0, 0.1) is 5.92 Å². The predicted octanol–water partition coefficient (Wildman–Crippen LogP) is 2.38. The molecule has 118 valence electrons. The van der Waals surface area contributed by atoms with E-state index in [2.05, 4.69) is 16.2 Å². The Balaban J connectivity index is 1.66. The minimum Gasteiger partial charge on any atom is -0.371 e. The Labute approximate surface area is 135 Å². The van der Waals surface area contributed by atoms with Crippen LogP contribution >= 0.6 is 11.6 Å². The van der Waals surface area contributed by atoms with Crippen molar-refractivity contribution in [3.05, 3.63) is 23.8 Å². The summed E-state index contributed by atoms with van der Waals surface area (Å²) in [5.74, 6) is 0.654. The second kappa shape index (κ2) is 4.94. The molecule has 0 aromatic heterocycles. The van der Waals surface area contributed by atoms with Gasteiger partial charge in [0, 0.05) is 24.3 Å². The number of halogens is 1. The summed E-state index contributed by atoms with van der Waals surface area (Å²) in [6.45, 7) is 3.63. The third-order valence-corrected chi connectivity index (χ3v) is 6.17. The number of benzene rings is 1. The average molecular weight is 341 g/mol. The van der Waals surface area contributed by atoms with Crippen LogP contribution < -0.4 is 4.90 Å². The molecule has 4 rings (SSSR count). The van der Waals surface area contributed by atoms with Crippen molar-refractivity contribution in [1.82, 2.24) is 0 Å². The number of anilines is 1. The van der Waals surface area contributed by atoms with E-state index in [9.17, 15) is 8.42 Å². The van der Waals surface area contributed by atoms with Crippen LogP contribution in [-0.2, 0) is 14.8 Å². The molecule has 0 spiro atoms. The van der Waals surface area contributed by atoms with Crippen molar-refractivity contribution in [1.29, 1.82) is 0 Å². The summed E-state index contributed by atoms with van der Waals surface area (Å²) in [5, 5.41) is 0.0488. The van der Waals surface area contributed by atoms with Crippen LogP contribution in [0.1, 0.15) is 25.3 Å². The van der Waals surface area contributed by atoms with E-state index in [0.717, 1.165) is 18.8 Å². The Morgan fingerprint density at radius 3 is 2.82 bits per heavy atom. The van der Waals surface area contributed by atoms with Crippen molar-refractivity contribution in [2.45, 2.75) is 36.9 Å². The molecule has 2 aliphatic heterocycles. The summed E-state index contributed by atoms with van der Waals surface area (Å²) in [5.41, 5.74) is 1.38. The van der Waals surface area contributed by atoms with E-state index in [1.165, 1.54) is 12.8 Å². The largest absolute Gasteiger partial charge is 0.371 e. The zero-order valence-corrected chi connectivity index (χ0v) is 13.8. The van der Waals surface area contributed by atoms with Gasteiger partial charge in [0.05, 0.1) is 12.2 Å². The highest BCUT2D eigenvalue weighted by Crippen LogP contribution is 2.38. The molecule has 0 bridgehead atoms. The third kappa shape index (κ3) is 2.43. The molecule has 0 N–H and O–H groups in total. The van der Waals surface area contributed by atoms with E-state index in [0.29, 0.717) is 11.5 Å². The number of hydrogen-bond donors (Lipinski definition) is 0. The lowest BCUT2D eigenvalue weighted by atomic mass is 10.1. The molecule has 1 aromatic carbocycles. The third-order valence-electron chi connectivity index (χ3n) is 4.46. The van der Waals surface area contributed by atoms with Crippen LogP contribution in [0.5, 0.6) is 0 Å². The molecule has 5 nitrogen and oxygen atoms in total. The van der Waals surface area contributed by atoms with Crippen molar-refractivity contribution in [3.63, 3.8) is 0 Å². The molecule has 0 amide bonds. The topological polar surface area (TPSA) is 59.0 Å². The van der Waals surface area contributed by atoms with Crippen LogP contribution in [0.4, 0.5) is 5.69 Å². The van der Waals surface area contributed by atoms with E-state index in [4.69, 9.17) is 16.3 Å². The first-order valence-corrected chi connectivity index (χ1v) is 9.31. The minimum atomic E-state index is -3.65. The number of fused-ring (bicyclic) bond motifs is 1. The standard InChI is InChI=1S/C15H17ClN2O3S/c1-9-7-18(8-13(21-9)10-2-3-10)11-4-5-12-14(6-11)22(19,20)17-15(12)16/h4-6,9-10,13H,2-3,7-8H2,1H3. The van der Waals surface area contributed by atoms with Gasteiger partial charge in [-0.3, -0.25) is 0 Å². The van der Waals surface area contributed by atoms with Crippen LogP contribution in [0.15, 0.2) is 27.5 Å². The molecule has 2 heterocycles. The first-order valence-electron chi connectivity index (χ1n) is 7.49. The fourth-order valence-electron chi connectivity index (χ4n) is 3.22. The summed E-state index contributed by atoms with van der Waals surface area (Å²) in [6.07, 6.45) is 2.85. The number of nitrogens with zero attached hydrogens (tertiary/aromatic N) is 2. The van der Waals surface area contributed by atoms with Gasteiger partial charge in [0.15, 0.2) is 5.17 Å². The normalized spacial score (nSPS) is 30.1. The van der Waals surface area contributed by atoms with Crippen molar-refractivity contribution in [2.24, 2.45) is 10.3 Å². The lowest BCUT2D eigenvalue weighted by molar-refractivity contribution is -0.0271. The summed E-state index contributed by atoms with van der Waals surface area (Å²) in [6, 6.07) is 5.35. The number of morpholine rings is 1. The van der Waals surface area contributed by atoms with Crippen LogP contribution in [-0.4, -0.2) is 38.9 Å². The van der Waals surface area contributed by atoms with E-state index in [1.807, 2.05) is 6.07 Å². The number of ether oxygens (including phenoxy) is 1. The lowest BCUT2D eigenvalue weighted by Gasteiger charge is -2.38. The summed E-state index contributed by atoms with van der Waals surface area (Å²) in [7, 11) is -3.65. The molecule has 1 saturated heterocycles. The molecular weight excluding hydrogens is 324 g/mol. The smallest absolute Gasteiger partial charge is 0.284 e. The first-order chi connectivity index (χ1) is 10.4. The van der Waals surface area contributed by atoms with Crippen molar-refractivity contribution in [3.8, 4) is 0 Å². The monoisotopic (exact) mass is 340 g/mol. The van der Waals surface area contributed by atoms with Crippen molar-refractivity contribution >= 4 is 32.5 Å². The van der Waals surface area contributed by atoms with Crippen LogP contribution in [0.3, 0.4) is 0 Å². The molecule has 2 atom stereocenters. The highest BCUT2D eigenvalue weighted by Gasteiger charge is 2.38. The Morgan fingerprint density at radius 2 is 2.09 bits per heavy atom. The summed E-state index contributed by atoms with van der Waals surface area (Å²) < 4.78 is 33.6. The zero-order chi connectivity index (χ0) is 15.5. The summed E-state index contributed by atoms with van der Waals surface area (Å²) in [4.78, 5) is 2.41. The van der Waals surface area contributed by atoms with Gasteiger partial charge in [-0.05, 0) is 43.9 Å². The fourth-order valence-corrected chi connectivity index (χ4v) is 4.83. The number of rotatable bonds is 2. The molecule has 0 radical (unpaired) electrons. The molecule has 7 heteroatoms. The van der Waals surface area contributed by atoms with Crippen LogP contribution in [0.2, 0.25) is 0 Å². The van der Waals surface area contributed by atoms with E-state index in [-0.39, 0.29) is 22.3 Å². The molecule has 1 aliphatic carbocycles.